The van der Waals surface area contributed by atoms with Gasteiger partial charge in [-0.05, 0) is 28.7 Å². The van der Waals surface area contributed by atoms with Crippen LogP contribution in [-0.2, 0) is 14.3 Å². The molecule has 0 aliphatic heterocycles. The zero-order valence-electron chi connectivity index (χ0n) is 17.9. The summed E-state index contributed by atoms with van der Waals surface area (Å²) >= 11 is 0. The maximum absolute atomic E-state index is 12.5. The van der Waals surface area contributed by atoms with E-state index in [1.807, 2.05) is 55.5 Å². The van der Waals surface area contributed by atoms with E-state index < -0.39 is 36.7 Å². The Hall–Kier alpha value is -3.39. The van der Waals surface area contributed by atoms with Crippen LogP contribution in [0.1, 0.15) is 43.2 Å². The Labute approximate surface area is 186 Å². The molecule has 3 rings (SSSR count). The third kappa shape index (κ3) is 5.45. The molecule has 4 N–H and O–H groups in total. The molecule has 2 aromatic carbocycles. The SMILES string of the molecule is CCCCC(NC(=O)OCC1c2ccccc2-c2ccccc21)C(=O)NCC(O)C(=O)O. The van der Waals surface area contributed by atoms with Crippen LogP contribution >= 0.6 is 0 Å². The van der Waals surface area contributed by atoms with Crippen LogP contribution in [0.25, 0.3) is 11.1 Å². The number of hydrogen-bond donors (Lipinski definition) is 4. The van der Waals surface area contributed by atoms with Crippen LogP contribution in [0.5, 0.6) is 0 Å². The number of carboxylic acid groups (broad SMARTS) is 1. The molecule has 0 spiro atoms. The van der Waals surface area contributed by atoms with Gasteiger partial charge in [-0.15, -0.1) is 0 Å². The Bertz CT molecular complexity index is 931. The Kier molecular flexibility index (Phi) is 7.83. The van der Waals surface area contributed by atoms with E-state index in [4.69, 9.17) is 9.84 Å². The van der Waals surface area contributed by atoms with Gasteiger partial charge < -0.3 is 25.6 Å². The van der Waals surface area contributed by atoms with E-state index in [1.54, 1.807) is 0 Å². The Morgan fingerprint density at radius 2 is 1.62 bits per heavy atom. The third-order valence-electron chi connectivity index (χ3n) is 5.55. The highest BCUT2D eigenvalue weighted by molar-refractivity contribution is 5.86. The second kappa shape index (κ2) is 10.8. The number of aliphatic hydroxyl groups is 1. The summed E-state index contributed by atoms with van der Waals surface area (Å²) in [5, 5.41) is 23.0. The molecular formula is C24H28N2O6. The largest absolute Gasteiger partial charge is 0.479 e. The number of ether oxygens (including phenoxy) is 1. The number of unbranched alkanes of at least 4 members (excludes halogenated alkanes) is 1. The van der Waals surface area contributed by atoms with Gasteiger partial charge in [0.25, 0.3) is 0 Å². The van der Waals surface area contributed by atoms with Crippen molar-refractivity contribution in [3.05, 3.63) is 59.7 Å². The summed E-state index contributed by atoms with van der Waals surface area (Å²) in [6.07, 6.45) is -0.561. The number of alkyl carbamates (subject to hydrolysis) is 1. The molecule has 0 fully saturated rings. The second-order valence-corrected chi connectivity index (χ2v) is 7.76. The van der Waals surface area contributed by atoms with E-state index in [9.17, 15) is 19.5 Å². The molecule has 1 aliphatic rings. The molecule has 2 aromatic rings. The van der Waals surface area contributed by atoms with Gasteiger partial charge in [0.15, 0.2) is 6.10 Å². The van der Waals surface area contributed by atoms with Gasteiger partial charge in [-0.3, -0.25) is 4.79 Å². The first-order valence-electron chi connectivity index (χ1n) is 10.7. The van der Waals surface area contributed by atoms with Crippen LogP contribution in [0.3, 0.4) is 0 Å². The van der Waals surface area contributed by atoms with E-state index in [1.165, 1.54) is 0 Å². The average Bonchev–Trinajstić information content (AvgIpc) is 3.12. The van der Waals surface area contributed by atoms with Crippen molar-refractivity contribution in [1.29, 1.82) is 0 Å². The highest BCUT2D eigenvalue weighted by Gasteiger charge is 2.30. The summed E-state index contributed by atoms with van der Waals surface area (Å²) in [4.78, 5) is 35.6. The predicted octanol–water partition coefficient (Wildman–Crippen LogP) is 2.65. The molecule has 0 bridgehead atoms. The van der Waals surface area contributed by atoms with Crippen molar-refractivity contribution >= 4 is 18.0 Å². The first-order valence-corrected chi connectivity index (χ1v) is 10.7. The lowest BCUT2D eigenvalue weighted by atomic mass is 9.98. The van der Waals surface area contributed by atoms with Gasteiger partial charge in [0.1, 0.15) is 12.6 Å². The first-order chi connectivity index (χ1) is 15.4. The lowest BCUT2D eigenvalue weighted by Crippen LogP contribution is -2.49. The number of rotatable bonds is 10. The van der Waals surface area contributed by atoms with E-state index in [-0.39, 0.29) is 12.5 Å². The topological polar surface area (TPSA) is 125 Å². The molecule has 0 aromatic heterocycles. The molecule has 0 heterocycles. The Morgan fingerprint density at radius 1 is 1.03 bits per heavy atom. The highest BCUT2D eigenvalue weighted by Crippen LogP contribution is 2.44. The number of hydrogen-bond acceptors (Lipinski definition) is 5. The molecule has 8 nitrogen and oxygen atoms in total. The first kappa shape index (κ1) is 23.3. The molecule has 2 amide bonds. The lowest BCUT2D eigenvalue weighted by Gasteiger charge is -2.20. The quantitative estimate of drug-likeness (QED) is 0.450. The monoisotopic (exact) mass is 440 g/mol. The zero-order valence-corrected chi connectivity index (χ0v) is 17.9. The standard InChI is InChI=1S/C24H28N2O6/c1-2-3-12-20(22(28)25-13-21(27)23(29)30)26-24(31)32-14-19-17-10-6-4-8-15(17)16-9-5-7-11-18(16)19/h4-11,19-21,27H,2-3,12-14H2,1H3,(H,25,28)(H,26,31)(H,29,30). The summed E-state index contributed by atoms with van der Waals surface area (Å²) in [6, 6.07) is 15.1. The van der Waals surface area contributed by atoms with E-state index in [0.29, 0.717) is 12.8 Å². The average molecular weight is 440 g/mol. The number of carbonyl (C=O) groups excluding carboxylic acids is 2. The molecule has 170 valence electrons. The van der Waals surface area contributed by atoms with E-state index in [2.05, 4.69) is 10.6 Å². The van der Waals surface area contributed by atoms with Gasteiger partial charge >= 0.3 is 12.1 Å². The van der Waals surface area contributed by atoms with E-state index in [0.717, 1.165) is 28.7 Å². The second-order valence-electron chi connectivity index (χ2n) is 7.76. The van der Waals surface area contributed by atoms with Crippen molar-refractivity contribution in [3.8, 4) is 11.1 Å². The number of carboxylic acids is 1. The van der Waals surface area contributed by atoms with Crippen molar-refractivity contribution < 1.29 is 29.3 Å². The number of aliphatic carboxylic acids is 1. The van der Waals surface area contributed by atoms with Gasteiger partial charge in [-0.25, -0.2) is 9.59 Å². The van der Waals surface area contributed by atoms with Crippen molar-refractivity contribution in [2.24, 2.45) is 0 Å². The minimum atomic E-state index is -1.71. The van der Waals surface area contributed by atoms with Gasteiger partial charge in [0.2, 0.25) is 5.91 Å². The van der Waals surface area contributed by atoms with Crippen LogP contribution in [0.15, 0.2) is 48.5 Å². The fourth-order valence-electron chi connectivity index (χ4n) is 3.87. The molecular weight excluding hydrogens is 412 g/mol. The smallest absolute Gasteiger partial charge is 0.407 e. The van der Waals surface area contributed by atoms with Gasteiger partial charge in [-0.1, -0.05) is 68.3 Å². The Balaban J connectivity index is 1.61. The number of nitrogens with one attached hydrogen (secondary N) is 2. The lowest BCUT2D eigenvalue weighted by molar-refractivity contribution is -0.146. The number of carbonyl (C=O) groups is 3. The van der Waals surface area contributed by atoms with Crippen molar-refractivity contribution in [3.63, 3.8) is 0 Å². The normalized spacial score (nSPS) is 14.1. The van der Waals surface area contributed by atoms with Crippen LogP contribution < -0.4 is 10.6 Å². The number of fused-ring (bicyclic) bond motifs is 3. The van der Waals surface area contributed by atoms with Crippen LogP contribution in [-0.4, -0.2) is 53.5 Å². The van der Waals surface area contributed by atoms with Crippen LogP contribution in [0.2, 0.25) is 0 Å². The molecule has 8 heteroatoms. The summed E-state index contributed by atoms with van der Waals surface area (Å²) in [6.45, 7) is 1.64. The van der Waals surface area contributed by atoms with Crippen molar-refractivity contribution in [2.45, 2.75) is 44.2 Å². The van der Waals surface area contributed by atoms with Gasteiger partial charge in [-0.2, -0.15) is 0 Å². The molecule has 2 unspecified atom stereocenters. The maximum atomic E-state index is 12.5. The van der Waals surface area contributed by atoms with Gasteiger partial charge in [0, 0.05) is 5.92 Å². The fraction of sp³-hybridized carbons (Fsp3) is 0.375. The van der Waals surface area contributed by atoms with Crippen molar-refractivity contribution in [1.82, 2.24) is 10.6 Å². The van der Waals surface area contributed by atoms with Gasteiger partial charge in [0.05, 0.1) is 6.54 Å². The minimum Gasteiger partial charge on any atom is -0.479 e. The number of benzene rings is 2. The maximum Gasteiger partial charge on any atom is 0.407 e. The van der Waals surface area contributed by atoms with Crippen LogP contribution in [0.4, 0.5) is 4.79 Å². The number of aliphatic hydroxyl groups excluding tert-OH is 1. The summed E-state index contributed by atoms with van der Waals surface area (Å²) in [7, 11) is 0. The highest BCUT2D eigenvalue weighted by atomic mass is 16.5. The summed E-state index contributed by atoms with van der Waals surface area (Å²) in [5.74, 6) is -2.09. The molecule has 0 saturated heterocycles. The Morgan fingerprint density at radius 3 is 2.19 bits per heavy atom. The van der Waals surface area contributed by atoms with Crippen molar-refractivity contribution in [2.75, 3.05) is 13.2 Å². The predicted molar refractivity (Wildman–Crippen MR) is 118 cm³/mol. The summed E-state index contributed by atoms with van der Waals surface area (Å²) < 4.78 is 5.49. The third-order valence-corrected chi connectivity index (χ3v) is 5.55. The molecule has 32 heavy (non-hydrogen) atoms. The zero-order chi connectivity index (χ0) is 23.1. The molecule has 0 saturated carbocycles. The summed E-state index contributed by atoms with van der Waals surface area (Å²) in [5.41, 5.74) is 4.41. The van der Waals surface area contributed by atoms with E-state index >= 15 is 0 Å². The fourth-order valence-corrected chi connectivity index (χ4v) is 3.87. The molecule has 1 aliphatic carbocycles. The van der Waals surface area contributed by atoms with Crippen LogP contribution in [0, 0.1) is 0 Å². The number of amides is 2. The minimum absolute atomic E-state index is 0.0956. The molecule has 0 radical (unpaired) electrons. The molecule has 2 atom stereocenters.